The average Bonchev–Trinajstić information content (AvgIpc) is 3.17. The maximum Gasteiger partial charge on any atom is 0.321 e. The molecule has 0 saturated heterocycles. The molecule has 0 aliphatic rings. The molecule has 1 heterocycles. The zero-order valence-corrected chi connectivity index (χ0v) is 20.0. The molecule has 31 heavy (non-hydrogen) atoms. The first-order valence-corrected chi connectivity index (χ1v) is 13.4. The van der Waals surface area contributed by atoms with E-state index in [4.69, 9.17) is 0 Å². The molecule has 0 unspecified atom stereocenters. The molecule has 0 saturated carbocycles. The minimum atomic E-state index is -4.03. The van der Waals surface area contributed by atoms with Crippen molar-refractivity contribution in [2.45, 2.75) is 54.9 Å². The molecule has 1 N–H and O–H groups in total. The lowest BCUT2D eigenvalue weighted by atomic mass is 10.2. The van der Waals surface area contributed by atoms with Gasteiger partial charge in [0.25, 0.3) is 0 Å². The summed E-state index contributed by atoms with van der Waals surface area (Å²) in [5.41, 5.74) is 1.48. The summed E-state index contributed by atoms with van der Waals surface area (Å²) in [5.74, 6) is -0.205. The van der Waals surface area contributed by atoms with Crippen molar-refractivity contribution in [1.82, 2.24) is 9.29 Å². The number of unbranched alkanes of at least 4 members (excludes halogenated alkanes) is 2. The summed E-state index contributed by atoms with van der Waals surface area (Å²) < 4.78 is 29.6. The van der Waals surface area contributed by atoms with E-state index in [0.29, 0.717) is 0 Å². The second-order valence-electron chi connectivity index (χ2n) is 7.21. The number of carboxylic acids is 1. The Hall–Kier alpha value is -1.94. The van der Waals surface area contributed by atoms with Crippen molar-refractivity contribution in [2.24, 2.45) is 0 Å². The van der Waals surface area contributed by atoms with Crippen LogP contribution in [0.2, 0.25) is 0 Å². The first-order chi connectivity index (χ1) is 14.8. The van der Waals surface area contributed by atoms with E-state index in [9.17, 15) is 18.3 Å². The Morgan fingerprint density at radius 1 is 1.19 bits per heavy atom. The summed E-state index contributed by atoms with van der Waals surface area (Å²) >= 11 is 3.15. The van der Waals surface area contributed by atoms with Crippen LogP contribution >= 0.6 is 23.1 Å². The van der Waals surface area contributed by atoms with Crippen molar-refractivity contribution in [3.8, 4) is 0 Å². The Labute approximate surface area is 191 Å². The first kappa shape index (κ1) is 23.7. The fourth-order valence-electron chi connectivity index (χ4n) is 3.07. The molecule has 0 bridgehead atoms. The molecule has 166 valence electrons. The standard InChI is InChI=1S/C22H26N2O4S3/c1-3-4-8-13-29-22-23-19-12-11-18(14-20(19)30-22)31(27,28)24(16(2)21(25)26)15-17-9-6-5-7-10-17/h5-7,9-12,14,16H,3-4,8,13,15H2,1-2H3,(H,25,26)/t16-/m1/s1. The van der Waals surface area contributed by atoms with Gasteiger partial charge in [-0.15, -0.1) is 11.3 Å². The normalized spacial score (nSPS) is 13.0. The quantitative estimate of drug-likeness (QED) is 0.299. The molecule has 0 radical (unpaired) electrons. The van der Waals surface area contributed by atoms with Gasteiger partial charge in [0.1, 0.15) is 6.04 Å². The number of aliphatic carboxylic acids is 1. The van der Waals surface area contributed by atoms with E-state index in [0.717, 1.165) is 43.0 Å². The van der Waals surface area contributed by atoms with Crippen LogP contribution in [-0.2, 0) is 21.4 Å². The van der Waals surface area contributed by atoms with Gasteiger partial charge in [-0.3, -0.25) is 4.79 Å². The molecule has 6 nitrogen and oxygen atoms in total. The second-order valence-corrected chi connectivity index (χ2v) is 11.5. The van der Waals surface area contributed by atoms with Crippen LogP contribution < -0.4 is 0 Å². The highest BCUT2D eigenvalue weighted by atomic mass is 32.2. The Morgan fingerprint density at radius 3 is 2.61 bits per heavy atom. The van der Waals surface area contributed by atoms with Gasteiger partial charge in [0, 0.05) is 12.3 Å². The maximum atomic E-state index is 13.4. The SMILES string of the molecule is CCCCCSc1nc2ccc(S(=O)(=O)N(Cc3ccccc3)[C@H](C)C(=O)O)cc2s1. The zero-order chi connectivity index (χ0) is 22.4. The van der Waals surface area contributed by atoms with Gasteiger partial charge < -0.3 is 5.11 Å². The maximum absolute atomic E-state index is 13.4. The minimum Gasteiger partial charge on any atom is -0.480 e. The van der Waals surface area contributed by atoms with Crippen LogP contribution in [0, 0.1) is 0 Å². The lowest BCUT2D eigenvalue weighted by Crippen LogP contribution is -2.42. The fraction of sp³-hybridized carbons (Fsp3) is 0.364. The van der Waals surface area contributed by atoms with E-state index in [-0.39, 0.29) is 11.4 Å². The smallest absolute Gasteiger partial charge is 0.321 e. The van der Waals surface area contributed by atoms with Crippen LogP contribution in [0.15, 0.2) is 57.8 Å². The second kappa shape index (κ2) is 10.6. The summed E-state index contributed by atoms with van der Waals surface area (Å²) in [6.07, 6.45) is 3.47. The summed E-state index contributed by atoms with van der Waals surface area (Å²) in [7, 11) is -4.03. The number of sulfonamides is 1. The summed E-state index contributed by atoms with van der Waals surface area (Å²) in [4.78, 5) is 16.3. The van der Waals surface area contributed by atoms with Gasteiger partial charge in [-0.1, -0.05) is 61.9 Å². The minimum absolute atomic E-state index is 0.0180. The highest BCUT2D eigenvalue weighted by Crippen LogP contribution is 2.32. The lowest BCUT2D eigenvalue weighted by Gasteiger charge is -2.26. The summed E-state index contributed by atoms with van der Waals surface area (Å²) in [5, 5.41) is 9.52. The molecule has 0 aliphatic carbocycles. The van der Waals surface area contributed by atoms with E-state index < -0.39 is 22.0 Å². The van der Waals surface area contributed by atoms with E-state index in [2.05, 4.69) is 11.9 Å². The van der Waals surface area contributed by atoms with E-state index in [1.807, 2.05) is 6.07 Å². The number of thioether (sulfide) groups is 1. The number of hydrogen-bond donors (Lipinski definition) is 1. The van der Waals surface area contributed by atoms with Crippen molar-refractivity contribution in [3.63, 3.8) is 0 Å². The van der Waals surface area contributed by atoms with Gasteiger partial charge in [0.05, 0.1) is 15.1 Å². The average molecular weight is 479 g/mol. The third-order valence-electron chi connectivity index (χ3n) is 4.89. The van der Waals surface area contributed by atoms with Gasteiger partial charge in [0.15, 0.2) is 4.34 Å². The van der Waals surface area contributed by atoms with Crippen molar-refractivity contribution < 1.29 is 18.3 Å². The van der Waals surface area contributed by atoms with Crippen LogP contribution in [0.4, 0.5) is 0 Å². The van der Waals surface area contributed by atoms with Crippen LogP contribution in [0.3, 0.4) is 0 Å². The Balaban J connectivity index is 1.90. The van der Waals surface area contributed by atoms with Crippen molar-refractivity contribution in [1.29, 1.82) is 0 Å². The predicted octanol–water partition coefficient (Wildman–Crippen LogP) is 5.24. The van der Waals surface area contributed by atoms with Crippen LogP contribution in [-0.4, -0.2) is 40.6 Å². The van der Waals surface area contributed by atoms with Crippen LogP contribution in [0.1, 0.15) is 38.7 Å². The highest BCUT2D eigenvalue weighted by molar-refractivity contribution is 8.01. The Morgan fingerprint density at radius 2 is 1.94 bits per heavy atom. The predicted molar refractivity (Wildman–Crippen MR) is 126 cm³/mol. The molecular formula is C22H26N2O4S3. The number of carboxylic acid groups (broad SMARTS) is 1. The Bertz CT molecular complexity index is 1130. The number of carbonyl (C=O) groups is 1. The molecule has 0 spiro atoms. The van der Waals surface area contributed by atoms with Gasteiger partial charge in [-0.05, 0) is 37.1 Å². The topological polar surface area (TPSA) is 87.6 Å². The Kier molecular flexibility index (Phi) is 8.10. The van der Waals surface area contributed by atoms with E-state index in [1.165, 1.54) is 30.7 Å². The largest absolute Gasteiger partial charge is 0.480 e. The molecule has 3 rings (SSSR count). The van der Waals surface area contributed by atoms with Crippen molar-refractivity contribution in [2.75, 3.05) is 5.75 Å². The molecule has 2 aromatic carbocycles. The molecule has 1 aromatic heterocycles. The van der Waals surface area contributed by atoms with E-state index in [1.54, 1.807) is 48.2 Å². The number of thiazole rings is 1. The van der Waals surface area contributed by atoms with Gasteiger partial charge >= 0.3 is 5.97 Å². The van der Waals surface area contributed by atoms with Crippen molar-refractivity contribution >= 4 is 49.3 Å². The number of rotatable bonds is 11. The lowest BCUT2D eigenvalue weighted by molar-refractivity contribution is -0.141. The fourth-order valence-corrected chi connectivity index (χ4v) is 6.92. The number of hydrogen-bond acceptors (Lipinski definition) is 6. The number of aromatic nitrogens is 1. The number of benzene rings is 2. The molecule has 0 amide bonds. The van der Waals surface area contributed by atoms with Crippen LogP contribution in [0.5, 0.6) is 0 Å². The first-order valence-electron chi connectivity index (χ1n) is 10.1. The third kappa shape index (κ3) is 5.85. The highest BCUT2D eigenvalue weighted by Gasteiger charge is 2.33. The molecule has 9 heteroatoms. The van der Waals surface area contributed by atoms with Crippen molar-refractivity contribution in [3.05, 3.63) is 54.1 Å². The molecular weight excluding hydrogens is 452 g/mol. The van der Waals surface area contributed by atoms with Gasteiger partial charge in [-0.25, -0.2) is 13.4 Å². The number of nitrogens with zero attached hydrogens (tertiary/aromatic N) is 2. The molecule has 3 aromatic rings. The van der Waals surface area contributed by atoms with Gasteiger partial charge in [0.2, 0.25) is 10.0 Å². The summed E-state index contributed by atoms with van der Waals surface area (Å²) in [6, 6.07) is 12.6. The van der Waals surface area contributed by atoms with Crippen LogP contribution in [0.25, 0.3) is 10.2 Å². The molecule has 0 aliphatic heterocycles. The molecule has 0 fully saturated rings. The monoisotopic (exact) mass is 478 g/mol. The number of fused-ring (bicyclic) bond motifs is 1. The zero-order valence-electron chi connectivity index (χ0n) is 17.5. The molecule has 1 atom stereocenters. The van der Waals surface area contributed by atoms with Gasteiger partial charge in [-0.2, -0.15) is 4.31 Å². The van der Waals surface area contributed by atoms with E-state index >= 15 is 0 Å². The third-order valence-corrected chi connectivity index (χ3v) is 9.05. The summed E-state index contributed by atoms with van der Waals surface area (Å²) in [6.45, 7) is 3.53.